The molecule has 1 atom stereocenters. The summed E-state index contributed by atoms with van der Waals surface area (Å²) in [5, 5.41) is 0. The zero-order valence-electron chi connectivity index (χ0n) is 10.4. The molecule has 0 amide bonds. The van der Waals surface area contributed by atoms with E-state index >= 15 is 0 Å². The summed E-state index contributed by atoms with van der Waals surface area (Å²) in [6, 6.07) is 12.6. The van der Waals surface area contributed by atoms with E-state index < -0.39 is 0 Å². The Morgan fingerprint density at radius 1 is 1.17 bits per heavy atom. The first-order chi connectivity index (χ1) is 8.69. The molecular weight excluding hydrogens is 335 g/mol. The summed E-state index contributed by atoms with van der Waals surface area (Å²) in [6.07, 6.45) is 3.75. The van der Waals surface area contributed by atoms with Gasteiger partial charge in [-0.3, -0.25) is 4.98 Å². The molecule has 0 aliphatic heterocycles. The molecule has 1 aromatic carbocycles. The van der Waals surface area contributed by atoms with Gasteiger partial charge in [-0.1, -0.05) is 25.1 Å². The smallest absolute Gasteiger partial charge is 0.0422 e. The number of aromatic nitrogens is 1. The Balaban J connectivity index is 2.05. The third kappa shape index (κ3) is 3.53. The summed E-state index contributed by atoms with van der Waals surface area (Å²) in [7, 11) is 0. The van der Waals surface area contributed by atoms with E-state index in [-0.39, 0.29) is 6.04 Å². The van der Waals surface area contributed by atoms with Gasteiger partial charge in [-0.25, -0.2) is 0 Å². The molecule has 2 N–H and O–H groups in total. The van der Waals surface area contributed by atoms with Gasteiger partial charge in [-0.05, 0) is 58.3 Å². The molecule has 0 bridgehead atoms. The third-order valence-electron chi connectivity index (χ3n) is 3.02. The Hall–Kier alpha value is -0.940. The number of hydrogen-bond acceptors (Lipinski definition) is 2. The molecule has 2 aromatic rings. The van der Waals surface area contributed by atoms with Crippen molar-refractivity contribution in [3.8, 4) is 0 Å². The van der Waals surface area contributed by atoms with Crippen molar-refractivity contribution in [2.24, 2.45) is 5.73 Å². The quantitative estimate of drug-likeness (QED) is 0.856. The minimum absolute atomic E-state index is 0.0157. The molecule has 1 heterocycles. The Labute approximate surface area is 122 Å². The van der Waals surface area contributed by atoms with E-state index in [9.17, 15) is 0 Å². The highest BCUT2D eigenvalue weighted by molar-refractivity contribution is 14.1. The lowest BCUT2D eigenvalue weighted by Gasteiger charge is -2.12. The summed E-state index contributed by atoms with van der Waals surface area (Å²) >= 11 is 2.30. The standard InChI is InChI=1S/C15H17IN2/c1-2-11-3-8-14(18-10-11)9-15(17)12-4-6-13(16)7-5-12/h3-8,10,15H,2,9,17H2,1H3. The molecule has 0 saturated heterocycles. The largest absolute Gasteiger partial charge is 0.324 e. The summed E-state index contributed by atoms with van der Waals surface area (Å²) in [5.41, 5.74) is 9.69. The second-order valence-corrected chi connectivity index (χ2v) is 5.62. The van der Waals surface area contributed by atoms with Gasteiger partial charge >= 0.3 is 0 Å². The molecule has 94 valence electrons. The third-order valence-corrected chi connectivity index (χ3v) is 3.74. The number of halogens is 1. The average Bonchev–Trinajstić information content (AvgIpc) is 2.40. The zero-order chi connectivity index (χ0) is 13.0. The monoisotopic (exact) mass is 352 g/mol. The molecule has 2 nitrogen and oxygen atoms in total. The molecule has 0 saturated carbocycles. The van der Waals surface area contributed by atoms with E-state index in [0.29, 0.717) is 0 Å². The summed E-state index contributed by atoms with van der Waals surface area (Å²) in [5.74, 6) is 0. The van der Waals surface area contributed by atoms with Crippen molar-refractivity contribution in [1.82, 2.24) is 4.98 Å². The lowest BCUT2D eigenvalue weighted by molar-refractivity contribution is 0.705. The number of nitrogens with zero attached hydrogens (tertiary/aromatic N) is 1. The maximum Gasteiger partial charge on any atom is 0.0422 e. The van der Waals surface area contributed by atoms with Gasteiger partial charge in [0, 0.05) is 27.9 Å². The zero-order valence-corrected chi connectivity index (χ0v) is 12.6. The highest BCUT2D eigenvalue weighted by atomic mass is 127. The Morgan fingerprint density at radius 3 is 2.44 bits per heavy atom. The first-order valence-electron chi connectivity index (χ1n) is 6.14. The molecule has 1 unspecified atom stereocenters. The van der Waals surface area contributed by atoms with Crippen LogP contribution < -0.4 is 5.73 Å². The number of pyridine rings is 1. The van der Waals surface area contributed by atoms with Gasteiger partial charge in [0.05, 0.1) is 0 Å². The highest BCUT2D eigenvalue weighted by Crippen LogP contribution is 2.16. The number of rotatable bonds is 4. The van der Waals surface area contributed by atoms with Gasteiger partial charge in [0.15, 0.2) is 0 Å². The lowest BCUT2D eigenvalue weighted by Crippen LogP contribution is -2.14. The van der Waals surface area contributed by atoms with Crippen LogP contribution in [0.1, 0.15) is 29.8 Å². The molecule has 0 radical (unpaired) electrons. The topological polar surface area (TPSA) is 38.9 Å². The summed E-state index contributed by atoms with van der Waals surface area (Å²) in [6.45, 7) is 2.13. The van der Waals surface area contributed by atoms with Gasteiger partial charge in [0.25, 0.3) is 0 Å². The molecule has 18 heavy (non-hydrogen) atoms. The SMILES string of the molecule is CCc1ccc(CC(N)c2ccc(I)cc2)nc1. The van der Waals surface area contributed by atoms with Crippen molar-refractivity contribution in [3.63, 3.8) is 0 Å². The van der Waals surface area contributed by atoms with Crippen molar-refractivity contribution < 1.29 is 0 Å². The van der Waals surface area contributed by atoms with E-state index in [1.165, 1.54) is 9.13 Å². The van der Waals surface area contributed by atoms with Crippen LogP contribution in [0, 0.1) is 3.57 Å². The Kier molecular flexibility index (Phi) is 4.72. The molecule has 2 rings (SSSR count). The van der Waals surface area contributed by atoms with Gasteiger partial charge < -0.3 is 5.73 Å². The fourth-order valence-electron chi connectivity index (χ4n) is 1.84. The summed E-state index contributed by atoms with van der Waals surface area (Å²) < 4.78 is 1.23. The van der Waals surface area contributed by atoms with Crippen LogP contribution in [0.3, 0.4) is 0 Å². The van der Waals surface area contributed by atoms with Crippen LogP contribution in [0.15, 0.2) is 42.6 Å². The fraction of sp³-hybridized carbons (Fsp3) is 0.267. The average molecular weight is 352 g/mol. The number of aryl methyl sites for hydroxylation is 1. The van der Waals surface area contributed by atoms with Crippen molar-refractivity contribution >= 4 is 22.6 Å². The van der Waals surface area contributed by atoms with Crippen LogP contribution in [0.4, 0.5) is 0 Å². The van der Waals surface area contributed by atoms with Gasteiger partial charge in [0.2, 0.25) is 0 Å². The second kappa shape index (κ2) is 6.29. The first kappa shape index (κ1) is 13.5. The van der Waals surface area contributed by atoms with E-state index in [0.717, 1.165) is 24.1 Å². The molecule has 0 aliphatic rings. The summed E-state index contributed by atoms with van der Waals surface area (Å²) in [4.78, 5) is 4.45. The van der Waals surface area contributed by atoms with E-state index in [4.69, 9.17) is 5.73 Å². The second-order valence-electron chi connectivity index (χ2n) is 4.37. The Bertz CT molecular complexity index is 491. The molecule has 0 fully saturated rings. The molecule has 0 aliphatic carbocycles. The number of benzene rings is 1. The van der Waals surface area contributed by atoms with Crippen molar-refractivity contribution in [2.75, 3.05) is 0 Å². The maximum absolute atomic E-state index is 6.21. The maximum atomic E-state index is 6.21. The van der Waals surface area contributed by atoms with Crippen LogP contribution in [0.2, 0.25) is 0 Å². The minimum Gasteiger partial charge on any atom is -0.324 e. The molecule has 3 heteroatoms. The number of hydrogen-bond donors (Lipinski definition) is 1. The van der Waals surface area contributed by atoms with Crippen LogP contribution in [0.5, 0.6) is 0 Å². The van der Waals surface area contributed by atoms with Crippen LogP contribution in [-0.4, -0.2) is 4.98 Å². The van der Waals surface area contributed by atoms with E-state index in [1.54, 1.807) is 0 Å². The molecular formula is C15H17IN2. The van der Waals surface area contributed by atoms with Crippen molar-refractivity contribution in [3.05, 3.63) is 63.0 Å². The minimum atomic E-state index is 0.0157. The Morgan fingerprint density at radius 2 is 1.89 bits per heavy atom. The highest BCUT2D eigenvalue weighted by Gasteiger charge is 2.07. The fourth-order valence-corrected chi connectivity index (χ4v) is 2.20. The van der Waals surface area contributed by atoms with Crippen LogP contribution >= 0.6 is 22.6 Å². The number of nitrogens with two attached hydrogens (primary N) is 1. The van der Waals surface area contributed by atoms with Crippen LogP contribution in [0.25, 0.3) is 0 Å². The van der Waals surface area contributed by atoms with E-state index in [2.05, 4.69) is 70.9 Å². The van der Waals surface area contributed by atoms with Gasteiger partial charge in [-0.2, -0.15) is 0 Å². The first-order valence-corrected chi connectivity index (χ1v) is 7.21. The normalized spacial score (nSPS) is 12.4. The van der Waals surface area contributed by atoms with Crippen LogP contribution in [-0.2, 0) is 12.8 Å². The molecule has 0 spiro atoms. The molecule has 1 aromatic heterocycles. The van der Waals surface area contributed by atoms with Gasteiger partial charge in [-0.15, -0.1) is 0 Å². The lowest BCUT2D eigenvalue weighted by atomic mass is 10.0. The predicted octanol–water partition coefficient (Wildman–Crippen LogP) is 3.49. The van der Waals surface area contributed by atoms with E-state index in [1.807, 2.05) is 6.20 Å². The predicted molar refractivity (Wildman–Crippen MR) is 83.4 cm³/mol. The van der Waals surface area contributed by atoms with Gasteiger partial charge in [0.1, 0.15) is 0 Å². The van der Waals surface area contributed by atoms with Crippen molar-refractivity contribution in [1.29, 1.82) is 0 Å². The van der Waals surface area contributed by atoms with Crippen molar-refractivity contribution in [2.45, 2.75) is 25.8 Å².